The summed E-state index contributed by atoms with van der Waals surface area (Å²) in [6, 6.07) is 16.9. The number of ether oxygens (including phenoxy) is 1. The molecule has 0 atom stereocenters. The summed E-state index contributed by atoms with van der Waals surface area (Å²) >= 11 is 0. The summed E-state index contributed by atoms with van der Waals surface area (Å²) < 4.78 is 10.3. The number of methoxy groups -OCH3 is 1. The minimum Gasteiger partial charge on any atom is -0.496 e. The fraction of sp³-hybridized carbons (Fsp3) is 0.143. The van der Waals surface area contributed by atoms with Crippen LogP contribution in [-0.4, -0.2) is 18.9 Å². The largest absolute Gasteiger partial charge is 0.496 e. The molecule has 6 nitrogen and oxygen atoms in total. The predicted octanol–water partition coefficient (Wildman–Crippen LogP) is 2.89. The van der Waals surface area contributed by atoms with Crippen molar-refractivity contribution in [2.24, 2.45) is 0 Å². The molecule has 0 aliphatic heterocycles. The van der Waals surface area contributed by atoms with Gasteiger partial charge >= 0.3 is 11.8 Å². The number of carbonyl (C=O) groups is 2. The van der Waals surface area contributed by atoms with Gasteiger partial charge in [0.2, 0.25) is 0 Å². The van der Waals surface area contributed by atoms with Crippen LogP contribution in [0.4, 0.5) is 0 Å². The smallest absolute Gasteiger partial charge is 0.309 e. The van der Waals surface area contributed by atoms with Crippen LogP contribution in [0.2, 0.25) is 0 Å². The first kappa shape index (κ1) is 18.3. The normalized spacial score (nSPS) is 10.3. The van der Waals surface area contributed by atoms with Gasteiger partial charge < -0.3 is 19.8 Å². The molecule has 1 heterocycles. The highest BCUT2D eigenvalue weighted by Gasteiger charge is 2.13. The third-order valence-corrected chi connectivity index (χ3v) is 4.10. The molecule has 2 N–H and O–H groups in total. The monoisotopic (exact) mass is 364 g/mol. The summed E-state index contributed by atoms with van der Waals surface area (Å²) in [6.07, 6.45) is 3.29. The minimum atomic E-state index is -0.684. The van der Waals surface area contributed by atoms with Gasteiger partial charge in [0, 0.05) is 24.2 Å². The maximum absolute atomic E-state index is 12.0. The Hall–Kier alpha value is -3.54. The quantitative estimate of drug-likeness (QED) is 0.659. The van der Waals surface area contributed by atoms with Crippen LogP contribution in [0, 0.1) is 0 Å². The predicted molar refractivity (Wildman–Crippen MR) is 101 cm³/mol. The van der Waals surface area contributed by atoms with Gasteiger partial charge in [0.05, 0.1) is 19.6 Å². The Morgan fingerprint density at radius 2 is 1.59 bits per heavy atom. The van der Waals surface area contributed by atoms with Crippen LogP contribution in [0.1, 0.15) is 11.1 Å². The molecule has 2 amide bonds. The number of nitrogens with one attached hydrogen (secondary N) is 2. The van der Waals surface area contributed by atoms with E-state index in [9.17, 15) is 9.59 Å². The van der Waals surface area contributed by atoms with E-state index in [1.54, 1.807) is 25.7 Å². The molecule has 6 heteroatoms. The van der Waals surface area contributed by atoms with Crippen molar-refractivity contribution in [2.75, 3.05) is 7.11 Å². The van der Waals surface area contributed by atoms with Crippen molar-refractivity contribution in [1.29, 1.82) is 0 Å². The highest BCUT2D eigenvalue weighted by Crippen LogP contribution is 2.20. The van der Waals surface area contributed by atoms with Crippen LogP contribution in [0.3, 0.4) is 0 Å². The Balaban J connectivity index is 1.49. The standard InChI is InChI=1S/C21H20N2O4/c1-26-19-5-3-2-4-17(19)13-23-21(25)20(24)22-12-15-6-8-16(9-7-15)18-10-11-27-14-18/h2-11,14H,12-13H2,1H3,(H,22,24)(H,23,25). The van der Waals surface area contributed by atoms with Gasteiger partial charge in [0.15, 0.2) is 0 Å². The molecule has 0 unspecified atom stereocenters. The fourth-order valence-electron chi connectivity index (χ4n) is 2.61. The van der Waals surface area contributed by atoms with Gasteiger partial charge in [-0.2, -0.15) is 0 Å². The van der Waals surface area contributed by atoms with Crippen LogP contribution in [0.15, 0.2) is 71.5 Å². The molecule has 0 spiro atoms. The second-order valence-electron chi connectivity index (χ2n) is 5.89. The van der Waals surface area contributed by atoms with Crippen molar-refractivity contribution >= 4 is 11.8 Å². The van der Waals surface area contributed by atoms with E-state index in [2.05, 4.69) is 10.6 Å². The third kappa shape index (κ3) is 4.76. The zero-order chi connectivity index (χ0) is 19.1. The molecule has 0 saturated carbocycles. The molecule has 27 heavy (non-hydrogen) atoms. The molecule has 0 radical (unpaired) electrons. The van der Waals surface area contributed by atoms with E-state index in [0.29, 0.717) is 5.75 Å². The molecule has 0 aliphatic carbocycles. The Morgan fingerprint density at radius 3 is 2.26 bits per heavy atom. The van der Waals surface area contributed by atoms with Crippen molar-refractivity contribution in [3.8, 4) is 16.9 Å². The van der Waals surface area contributed by atoms with E-state index in [0.717, 1.165) is 22.3 Å². The van der Waals surface area contributed by atoms with Gasteiger partial charge in [-0.1, -0.05) is 42.5 Å². The van der Waals surface area contributed by atoms with E-state index in [1.807, 2.05) is 48.5 Å². The Morgan fingerprint density at radius 1 is 0.889 bits per heavy atom. The summed E-state index contributed by atoms with van der Waals surface area (Å²) in [5.41, 5.74) is 3.71. The Bertz CT molecular complexity index is 902. The molecule has 0 aliphatic rings. The number of furan rings is 1. The van der Waals surface area contributed by atoms with Gasteiger partial charge in [-0.05, 0) is 23.3 Å². The molecule has 0 saturated heterocycles. The number of para-hydroxylation sites is 1. The van der Waals surface area contributed by atoms with Gasteiger partial charge in [-0.3, -0.25) is 9.59 Å². The topological polar surface area (TPSA) is 80.6 Å². The van der Waals surface area contributed by atoms with Crippen molar-refractivity contribution in [3.05, 3.63) is 78.3 Å². The summed E-state index contributed by atoms with van der Waals surface area (Å²) in [5.74, 6) is -0.698. The number of amides is 2. The van der Waals surface area contributed by atoms with Gasteiger partial charge in [0.1, 0.15) is 5.75 Å². The number of hydrogen-bond acceptors (Lipinski definition) is 4. The maximum atomic E-state index is 12.0. The Kier molecular flexibility index (Phi) is 5.89. The van der Waals surface area contributed by atoms with Crippen molar-refractivity contribution in [3.63, 3.8) is 0 Å². The molecular formula is C21H20N2O4. The maximum Gasteiger partial charge on any atom is 0.309 e. The van der Waals surface area contributed by atoms with Crippen LogP contribution in [0.5, 0.6) is 5.75 Å². The number of carbonyl (C=O) groups excluding carboxylic acids is 2. The van der Waals surface area contributed by atoms with Gasteiger partial charge in [0.25, 0.3) is 0 Å². The highest BCUT2D eigenvalue weighted by molar-refractivity contribution is 6.35. The SMILES string of the molecule is COc1ccccc1CNC(=O)C(=O)NCc1ccc(-c2ccoc2)cc1. The van der Waals surface area contributed by atoms with E-state index < -0.39 is 11.8 Å². The lowest BCUT2D eigenvalue weighted by Gasteiger charge is -2.10. The van der Waals surface area contributed by atoms with Crippen LogP contribution < -0.4 is 15.4 Å². The second-order valence-corrected chi connectivity index (χ2v) is 5.89. The molecular weight excluding hydrogens is 344 g/mol. The van der Waals surface area contributed by atoms with Gasteiger partial charge in [-0.25, -0.2) is 0 Å². The number of rotatable bonds is 6. The Labute approximate surface area is 157 Å². The molecule has 2 aromatic carbocycles. The third-order valence-electron chi connectivity index (χ3n) is 4.10. The minimum absolute atomic E-state index is 0.218. The average Bonchev–Trinajstić information content (AvgIpc) is 3.25. The van der Waals surface area contributed by atoms with E-state index >= 15 is 0 Å². The number of benzene rings is 2. The van der Waals surface area contributed by atoms with Crippen LogP contribution >= 0.6 is 0 Å². The lowest BCUT2D eigenvalue weighted by atomic mass is 10.1. The van der Waals surface area contributed by atoms with Crippen LogP contribution in [-0.2, 0) is 22.7 Å². The number of hydrogen-bond donors (Lipinski definition) is 2. The van der Waals surface area contributed by atoms with Crippen LogP contribution in [0.25, 0.3) is 11.1 Å². The zero-order valence-electron chi connectivity index (χ0n) is 14.9. The summed E-state index contributed by atoms with van der Waals surface area (Å²) in [7, 11) is 1.56. The summed E-state index contributed by atoms with van der Waals surface area (Å²) in [5, 5.41) is 5.21. The first-order valence-corrected chi connectivity index (χ1v) is 8.47. The average molecular weight is 364 g/mol. The molecule has 0 bridgehead atoms. The second kappa shape index (κ2) is 8.71. The van der Waals surface area contributed by atoms with Crippen molar-refractivity contribution < 1.29 is 18.7 Å². The lowest BCUT2D eigenvalue weighted by molar-refractivity contribution is -0.139. The van der Waals surface area contributed by atoms with E-state index in [4.69, 9.17) is 9.15 Å². The molecule has 138 valence electrons. The molecule has 3 rings (SSSR count). The lowest BCUT2D eigenvalue weighted by Crippen LogP contribution is -2.39. The molecule has 3 aromatic rings. The van der Waals surface area contributed by atoms with Crippen molar-refractivity contribution in [2.45, 2.75) is 13.1 Å². The summed E-state index contributed by atoms with van der Waals surface area (Å²) in [4.78, 5) is 24.0. The molecule has 1 aromatic heterocycles. The van der Waals surface area contributed by atoms with E-state index in [1.165, 1.54) is 0 Å². The fourth-order valence-corrected chi connectivity index (χ4v) is 2.61. The molecule has 0 fully saturated rings. The highest BCUT2D eigenvalue weighted by atomic mass is 16.5. The van der Waals surface area contributed by atoms with Crippen molar-refractivity contribution in [1.82, 2.24) is 10.6 Å². The first-order valence-electron chi connectivity index (χ1n) is 8.47. The van der Waals surface area contributed by atoms with E-state index in [-0.39, 0.29) is 13.1 Å². The van der Waals surface area contributed by atoms with Gasteiger partial charge in [-0.15, -0.1) is 0 Å². The first-order chi connectivity index (χ1) is 13.2. The zero-order valence-corrected chi connectivity index (χ0v) is 14.9. The summed E-state index contributed by atoms with van der Waals surface area (Å²) in [6.45, 7) is 0.488.